The Morgan fingerprint density at radius 3 is 2.75 bits per heavy atom. The van der Waals surface area contributed by atoms with Crippen LogP contribution in [0.3, 0.4) is 0 Å². The van der Waals surface area contributed by atoms with Gasteiger partial charge in [-0.3, -0.25) is 0 Å². The van der Waals surface area contributed by atoms with Crippen LogP contribution < -0.4 is 14.7 Å². The number of hydrogen-bond acceptors (Lipinski definition) is 5. The number of piperazine rings is 1. The van der Waals surface area contributed by atoms with Crippen LogP contribution in [0.5, 0.6) is 5.75 Å². The number of rotatable bonds is 4. The molecule has 2 heterocycles. The minimum Gasteiger partial charge on any atom is -0.337 e. The molecule has 0 aromatic heterocycles. The van der Waals surface area contributed by atoms with E-state index in [0.29, 0.717) is 32.6 Å². The van der Waals surface area contributed by atoms with Crippen LogP contribution in [0.4, 0.5) is 5.69 Å². The zero-order valence-electron chi connectivity index (χ0n) is 15.2. The lowest BCUT2D eigenvalue weighted by molar-refractivity contribution is -0.215. The predicted octanol–water partition coefficient (Wildman–Crippen LogP) is 4.09. The van der Waals surface area contributed by atoms with E-state index in [4.69, 9.17) is 33.0 Å². The summed E-state index contributed by atoms with van der Waals surface area (Å²) >= 11 is 13.6. The molecule has 2 aliphatic heterocycles. The van der Waals surface area contributed by atoms with Gasteiger partial charge in [-0.15, -0.1) is 11.8 Å². The Balaban J connectivity index is 1.62. The number of carbonyl (C=O) groups excluding carboxylic acids is 1. The van der Waals surface area contributed by atoms with Crippen molar-refractivity contribution >= 4 is 46.6 Å². The Morgan fingerprint density at radius 2 is 1.96 bits per heavy atom. The fraction of sp³-hybridized carbons (Fsp3) is 0.350. The number of nitrogens with one attached hydrogen (secondary N) is 1. The molecule has 0 aliphatic carbocycles. The average Bonchev–Trinajstić information content (AvgIpc) is 2.74. The first kappa shape index (κ1) is 20.0. The molecule has 0 atom stereocenters. The Hall–Kier alpha value is -1.28. The van der Waals surface area contributed by atoms with Gasteiger partial charge in [0.15, 0.2) is 5.75 Å². The topological polar surface area (TPSA) is 47.6 Å². The molecule has 148 valence electrons. The number of benzene rings is 2. The van der Waals surface area contributed by atoms with Gasteiger partial charge in [0.1, 0.15) is 24.5 Å². The third-order valence-corrected chi connectivity index (χ3v) is 6.94. The van der Waals surface area contributed by atoms with Crippen molar-refractivity contribution < 1.29 is 14.6 Å². The lowest BCUT2D eigenvalue weighted by atomic mass is 10.0. The summed E-state index contributed by atoms with van der Waals surface area (Å²) in [7, 11) is 0. The standard InChI is InChI=1S/C20H21Cl2N2O3S/c21-16-5-4-14(12-17(16)22)28-13-20(25)24(9-7-23-8-10-24)18-2-1-3-19-15(18)6-11-26-27-19/h1-5,12,23H,6-11,13H2/q+1. The molecule has 0 unspecified atom stereocenters. The number of hydrogen-bond donors (Lipinski definition) is 1. The summed E-state index contributed by atoms with van der Waals surface area (Å²) in [6, 6.07) is 11.3. The summed E-state index contributed by atoms with van der Waals surface area (Å²) in [4.78, 5) is 24.9. The molecule has 1 saturated heterocycles. The highest BCUT2D eigenvalue weighted by atomic mass is 35.5. The molecule has 1 N–H and O–H groups in total. The van der Waals surface area contributed by atoms with Gasteiger partial charge in [0.2, 0.25) is 0 Å². The molecule has 5 nitrogen and oxygen atoms in total. The second-order valence-corrected chi connectivity index (χ2v) is 8.70. The van der Waals surface area contributed by atoms with Crippen LogP contribution in [0.1, 0.15) is 5.56 Å². The summed E-state index contributed by atoms with van der Waals surface area (Å²) in [5, 5.41) is 4.38. The Bertz CT molecular complexity index is 888. The molecule has 28 heavy (non-hydrogen) atoms. The number of carbonyl (C=O) groups is 1. The highest BCUT2D eigenvalue weighted by Crippen LogP contribution is 2.38. The number of quaternary nitrogens is 1. The maximum Gasteiger partial charge on any atom is 0.329 e. The third-order valence-electron chi connectivity index (χ3n) is 5.22. The second-order valence-electron chi connectivity index (χ2n) is 6.83. The van der Waals surface area contributed by atoms with Crippen LogP contribution in [0.25, 0.3) is 0 Å². The first-order valence-electron chi connectivity index (χ1n) is 9.21. The minimum absolute atomic E-state index is 0.178. The summed E-state index contributed by atoms with van der Waals surface area (Å²) < 4.78 is 0.327. The zero-order valence-corrected chi connectivity index (χ0v) is 17.6. The van der Waals surface area contributed by atoms with Gasteiger partial charge < -0.3 is 10.2 Å². The Labute approximate surface area is 178 Å². The molecule has 4 rings (SSSR count). The van der Waals surface area contributed by atoms with Crippen LogP contribution in [0.2, 0.25) is 10.0 Å². The molecule has 0 radical (unpaired) electrons. The molecule has 8 heteroatoms. The van der Waals surface area contributed by atoms with E-state index in [1.165, 1.54) is 11.8 Å². The fourth-order valence-corrected chi connectivity index (χ4v) is 5.04. The summed E-state index contributed by atoms with van der Waals surface area (Å²) in [6.07, 6.45) is 0.742. The van der Waals surface area contributed by atoms with Gasteiger partial charge in [0, 0.05) is 30.5 Å². The van der Waals surface area contributed by atoms with Gasteiger partial charge in [-0.2, -0.15) is 4.89 Å². The Morgan fingerprint density at radius 1 is 1.14 bits per heavy atom. The molecule has 0 bridgehead atoms. The molecule has 1 fully saturated rings. The molecular weight excluding hydrogens is 419 g/mol. The van der Waals surface area contributed by atoms with Crippen molar-refractivity contribution in [2.24, 2.45) is 0 Å². The minimum atomic E-state index is 0.178. The van der Waals surface area contributed by atoms with Crippen LogP contribution in [0.15, 0.2) is 41.3 Å². The molecule has 2 aromatic carbocycles. The first-order valence-corrected chi connectivity index (χ1v) is 11.0. The van der Waals surface area contributed by atoms with Crippen molar-refractivity contribution in [2.75, 3.05) is 38.5 Å². The van der Waals surface area contributed by atoms with Gasteiger partial charge in [-0.1, -0.05) is 29.3 Å². The van der Waals surface area contributed by atoms with Gasteiger partial charge in [0.05, 0.1) is 22.2 Å². The smallest absolute Gasteiger partial charge is 0.329 e. The maximum absolute atomic E-state index is 13.5. The highest BCUT2D eigenvalue weighted by molar-refractivity contribution is 8.00. The SMILES string of the molecule is O=C(CSc1ccc(Cl)c(Cl)c1)[N+]1(c2cccc3c2CCOO3)CCNCC1. The van der Waals surface area contributed by atoms with Crippen molar-refractivity contribution in [1.82, 2.24) is 9.80 Å². The summed E-state index contributed by atoms with van der Waals surface area (Å²) in [5.74, 6) is 1.25. The number of nitrogens with zero attached hydrogens (tertiary/aromatic N) is 1. The van der Waals surface area contributed by atoms with Gasteiger partial charge in [-0.25, -0.2) is 9.28 Å². The molecule has 2 aliphatic rings. The number of halogens is 2. The fourth-order valence-electron chi connectivity index (χ4n) is 3.77. The van der Waals surface area contributed by atoms with E-state index in [1.54, 1.807) is 12.1 Å². The molecule has 2 aromatic rings. The summed E-state index contributed by atoms with van der Waals surface area (Å²) in [6.45, 7) is 3.53. The lowest BCUT2D eigenvalue weighted by Gasteiger charge is -2.40. The van der Waals surface area contributed by atoms with Crippen molar-refractivity contribution in [1.29, 1.82) is 0 Å². The van der Waals surface area contributed by atoms with Gasteiger partial charge in [0.25, 0.3) is 0 Å². The van der Waals surface area contributed by atoms with Crippen molar-refractivity contribution in [3.8, 4) is 5.75 Å². The number of fused-ring (bicyclic) bond motifs is 1. The van der Waals surface area contributed by atoms with Crippen LogP contribution in [-0.4, -0.2) is 44.4 Å². The van der Waals surface area contributed by atoms with E-state index in [9.17, 15) is 4.79 Å². The molecule has 0 saturated carbocycles. The van der Waals surface area contributed by atoms with Crippen LogP contribution in [0, 0.1) is 0 Å². The van der Waals surface area contributed by atoms with Crippen molar-refractivity contribution in [3.63, 3.8) is 0 Å². The average molecular weight is 440 g/mol. The monoisotopic (exact) mass is 439 g/mol. The number of amides is 1. The van der Waals surface area contributed by atoms with Crippen molar-refractivity contribution in [3.05, 3.63) is 52.0 Å². The molecular formula is C20H21Cl2N2O3S+. The predicted molar refractivity (Wildman–Crippen MR) is 113 cm³/mol. The lowest BCUT2D eigenvalue weighted by Crippen LogP contribution is -2.64. The van der Waals surface area contributed by atoms with E-state index in [2.05, 4.69) is 11.4 Å². The second kappa shape index (κ2) is 8.61. The normalized spacial score (nSPS) is 18.2. The Kier molecular flexibility index (Phi) is 6.16. The summed E-state index contributed by atoms with van der Waals surface area (Å²) in [5.41, 5.74) is 2.10. The zero-order chi connectivity index (χ0) is 19.6. The van der Waals surface area contributed by atoms with E-state index < -0.39 is 0 Å². The number of thioether (sulfide) groups is 1. The highest BCUT2D eigenvalue weighted by Gasteiger charge is 2.42. The molecule has 1 amide bonds. The largest absolute Gasteiger partial charge is 0.337 e. The van der Waals surface area contributed by atoms with E-state index in [1.807, 2.05) is 18.2 Å². The van der Waals surface area contributed by atoms with Crippen molar-refractivity contribution in [2.45, 2.75) is 11.3 Å². The molecule has 0 spiro atoms. The van der Waals surface area contributed by atoms with E-state index in [-0.39, 0.29) is 5.91 Å². The van der Waals surface area contributed by atoms with Gasteiger partial charge in [-0.05, 0) is 24.3 Å². The van der Waals surface area contributed by atoms with E-state index >= 15 is 0 Å². The quantitative estimate of drug-likeness (QED) is 0.441. The van der Waals surface area contributed by atoms with Crippen LogP contribution >= 0.6 is 35.0 Å². The van der Waals surface area contributed by atoms with Gasteiger partial charge >= 0.3 is 5.91 Å². The third kappa shape index (κ3) is 3.90. The maximum atomic E-state index is 13.5. The first-order chi connectivity index (χ1) is 13.6. The van der Waals surface area contributed by atoms with Crippen LogP contribution in [-0.2, 0) is 16.1 Å². The van der Waals surface area contributed by atoms with E-state index in [0.717, 1.165) is 48.7 Å².